The fourth-order valence-corrected chi connectivity index (χ4v) is 1.80. The second-order valence-electron chi connectivity index (χ2n) is 5.33. The summed E-state index contributed by atoms with van der Waals surface area (Å²) in [5, 5.41) is 3.06. The van der Waals surface area contributed by atoms with Gasteiger partial charge in [-0.05, 0) is 20.8 Å². The molecular formula is C13H19N5O. The molecule has 0 spiro atoms. The van der Waals surface area contributed by atoms with Gasteiger partial charge in [0, 0.05) is 43.3 Å². The first-order chi connectivity index (χ1) is 8.98. The quantitative estimate of drug-likeness (QED) is 0.871. The van der Waals surface area contributed by atoms with Crippen LogP contribution in [0.5, 0.6) is 0 Å². The molecule has 0 unspecified atom stereocenters. The average Bonchev–Trinajstić information content (AvgIpc) is 2.83. The Morgan fingerprint density at radius 3 is 2.74 bits per heavy atom. The molecule has 0 saturated heterocycles. The number of imidazole rings is 1. The van der Waals surface area contributed by atoms with E-state index in [0.29, 0.717) is 12.4 Å². The topological polar surface area (TPSA) is 75.6 Å². The van der Waals surface area contributed by atoms with Crippen molar-refractivity contribution >= 4 is 5.82 Å². The highest BCUT2D eigenvalue weighted by molar-refractivity contribution is 5.31. The normalized spacial score (nSPS) is 11.5. The maximum atomic E-state index is 12.2. The van der Waals surface area contributed by atoms with Crippen LogP contribution in [0.15, 0.2) is 29.6 Å². The van der Waals surface area contributed by atoms with Crippen LogP contribution in [0, 0.1) is 0 Å². The molecule has 0 radical (unpaired) electrons. The van der Waals surface area contributed by atoms with Gasteiger partial charge in [-0.25, -0.2) is 9.97 Å². The molecule has 2 N–H and O–H groups in total. The average molecular weight is 261 g/mol. The van der Waals surface area contributed by atoms with Crippen LogP contribution in [-0.2, 0) is 12.0 Å². The molecule has 0 saturated carbocycles. The monoisotopic (exact) mass is 261 g/mol. The summed E-state index contributed by atoms with van der Waals surface area (Å²) in [5.74, 6) is 1.27. The molecule has 6 heteroatoms. The van der Waals surface area contributed by atoms with Crippen molar-refractivity contribution in [2.45, 2.75) is 32.7 Å². The standard InChI is InChI=1S/C13H19N5O/c1-13(2,3)18-9-8-17-11(12(18)19)16-5-4-10-14-6-7-15-10/h6-9H,4-5H2,1-3H3,(H,14,15)(H,16,17). The molecule has 2 heterocycles. The molecule has 0 fully saturated rings. The van der Waals surface area contributed by atoms with E-state index < -0.39 is 0 Å². The number of nitrogens with zero attached hydrogens (tertiary/aromatic N) is 3. The number of anilines is 1. The second kappa shape index (κ2) is 5.26. The van der Waals surface area contributed by atoms with E-state index in [2.05, 4.69) is 20.3 Å². The predicted octanol–water partition coefficient (Wildman–Crippen LogP) is 1.38. The van der Waals surface area contributed by atoms with Crippen LogP contribution in [-0.4, -0.2) is 26.1 Å². The number of rotatable bonds is 4. The van der Waals surface area contributed by atoms with Crippen molar-refractivity contribution in [3.8, 4) is 0 Å². The van der Waals surface area contributed by atoms with Gasteiger partial charge in [-0.1, -0.05) is 0 Å². The first kappa shape index (κ1) is 13.3. The Balaban J connectivity index is 2.07. The lowest BCUT2D eigenvalue weighted by Gasteiger charge is -2.22. The minimum atomic E-state index is -0.253. The lowest BCUT2D eigenvalue weighted by Crippen LogP contribution is -2.35. The molecule has 0 aliphatic heterocycles. The molecule has 0 atom stereocenters. The predicted molar refractivity (Wildman–Crippen MR) is 74.3 cm³/mol. The van der Waals surface area contributed by atoms with Crippen LogP contribution in [0.2, 0.25) is 0 Å². The number of aromatic nitrogens is 4. The van der Waals surface area contributed by atoms with Crippen molar-refractivity contribution in [1.82, 2.24) is 19.5 Å². The molecule has 0 aromatic carbocycles. The van der Waals surface area contributed by atoms with Gasteiger partial charge < -0.3 is 14.9 Å². The summed E-state index contributed by atoms with van der Waals surface area (Å²) >= 11 is 0. The third-order valence-corrected chi connectivity index (χ3v) is 2.77. The largest absolute Gasteiger partial charge is 0.365 e. The summed E-state index contributed by atoms with van der Waals surface area (Å²) in [6, 6.07) is 0. The Morgan fingerprint density at radius 2 is 2.11 bits per heavy atom. The number of aromatic amines is 1. The van der Waals surface area contributed by atoms with Gasteiger partial charge in [-0.3, -0.25) is 4.79 Å². The molecular weight excluding hydrogens is 242 g/mol. The summed E-state index contributed by atoms with van der Waals surface area (Å²) in [7, 11) is 0. The fraction of sp³-hybridized carbons (Fsp3) is 0.462. The van der Waals surface area contributed by atoms with Crippen LogP contribution < -0.4 is 10.9 Å². The third-order valence-electron chi connectivity index (χ3n) is 2.77. The Labute approximate surface area is 111 Å². The highest BCUT2D eigenvalue weighted by Gasteiger charge is 2.16. The summed E-state index contributed by atoms with van der Waals surface area (Å²) in [4.78, 5) is 23.5. The molecule has 19 heavy (non-hydrogen) atoms. The Kier molecular flexibility index (Phi) is 3.69. The number of hydrogen-bond acceptors (Lipinski definition) is 4. The number of hydrogen-bond donors (Lipinski definition) is 2. The minimum absolute atomic E-state index is 0.102. The number of H-pyrrole nitrogens is 1. The van der Waals surface area contributed by atoms with E-state index >= 15 is 0 Å². The van der Waals surface area contributed by atoms with Crippen molar-refractivity contribution in [2.75, 3.05) is 11.9 Å². The van der Waals surface area contributed by atoms with Crippen molar-refractivity contribution in [1.29, 1.82) is 0 Å². The molecule has 6 nitrogen and oxygen atoms in total. The maximum Gasteiger partial charge on any atom is 0.293 e. The van der Waals surface area contributed by atoms with E-state index in [0.717, 1.165) is 12.2 Å². The summed E-state index contributed by atoms with van der Waals surface area (Å²) in [6.07, 6.45) is 7.56. The van der Waals surface area contributed by atoms with Crippen LogP contribution in [0.3, 0.4) is 0 Å². The van der Waals surface area contributed by atoms with Crippen LogP contribution in [0.1, 0.15) is 26.6 Å². The zero-order valence-corrected chi connectivity index (χ0v) is 11.5. The molecule has 0 bridgehead atoms. The van der Waals surface area contributed by atoms with E-state index in [1.165, 1.54) is 0 Å². The summed E-state index contributed by atoms with van der Waals surface area (Å²) in [6.45, 7) is 6.58. The Hall–Kier alpha value is -2.11. The molecule has 0 amide bonds. The van der Waals surface area contributed by atoms with Crippen molar-refractivity contribution in [2.24, 2.45) is 0 Å². The van der Waals surface area contributed by atoms with Crippen molar-refractivity contribution in [3.05, 3.63) is 41.0 Å². The van der Waals surface area contributed by atoms with Crippen LogP contribution >= 0.6 is 0 Å². The summed E-state index contributed by atoms with van der Waals surface area (Å²) < 4.78 is 1.68. The fourth-order valence-electron chi connectivity index (χ4n) is 1.80. The zero-order valence-electron chi connectivity index (χ0n) is 11.5. The van der Waals surface area contributed by atoms with Gasteiger partial charge in [0.1, 0.15) is 5.82 Å². The number of nitrogens with one attached hydrogen (secondary N) is 2. The van der Waals surface area contributed by atoms with Gasteiger partial charge in [-0.15, -0.1) is 0 Å². The molecule has 2 aromatic rings. The van der Waals surface area contributed by atoms with Crippen molar-refractivity contribution in [3.63, 3.8) is 0 Å². The maximum absolute atomic E-state index is 12.2. The first-order valence-electron chi connectivity index (χ1n) is 6.29. The van der Waals surface area contributed by atoms with E-state index in [4.69, 9.17) is 0 Å². The lowest BCUT2D eigenvalue weighted by molar-refractivity contribution is 0.383. The highest BCUT2D eigenvalue weighted by Crippen LogP contribution is 2.10. The van der Waals surface area contributed by atoms with E-state index in [1.807, 2.05) is 20.8 Å². The van der Waals surface area contributed by atoms with Gasteiger partial charge in [0.05, 0.1) is 0 Å². The van der Waals surface area contributed by atoms with Gasteiger partial charge in [0.25, 0.3) is 5.56 Å². The molecule has 102 valence electrons. The van der Waals surface area contributed by atoms with Gasteiger partial charge in [-0.2, -0.15) is 0 Å². The van der Waals surface area contributed by atoms with Crippen LogP contribution in [0.25, 0.3) is 0 Å². The molecule has 2 rings (SSSR count). The van der Waals surface area contributed by atoms with Gasteiger partial charge in [0.2, 0.25) is 0 Å². The van der Waals surface area contributed by atoms with Gasteiger partial charge >= 0.3 is 0 Å². The van der Waals surface area contributed by atoms with E-state index in [1.54, 1.807) is 29.4 Å². The highest BCUT2D eigenvalue weighted by atomic mass is 16.1. The SMILES string of the molecule is CC(C)(C)n1ccnc(NCCc2ncc[nH]2)c1=O. The summed E-state index contributed by atoms with van der Waals surface area (Å²) in [5.41, 5.74) is -0.355. The van der Waals surface area contributed by atoms with Gasteiger partial charge in [0.15, 0.2) is 5.82 Å². The lowest BCUT2D eigenvalue weighted by atomic mass is 10.1. The second-order valence-corrected chi connectivity index (χ2v) is 5.33. The Bertz CT molecular complexity index is 580. The Morgan fingerprint density at radius 1 is 1.32 bits per heavy atom. The first-order valence-corrected chi connectivity index (χ1v) is 6.29. The zero-order chi connectivity index (χ0) is 13.9. The van der Waals surface area contributed by atoms with E-state index in [9.17, 15) is 4.79 Å². The third kappa shape index (κ3) is 3.21. The molecule has 0 aliphatic carbocycles. The smallest absolute Gasteiger partial charge is 0.293 e. The molecule has 2 aromatic heterocycles. The minimum Gasteiger partial charge on any atom is -0.365 e. The van der Waals surface area contributed by atoms with E-state index in [-0.39, 0.29) is 11.1 Å². The van der Waals surface area contributed by atoms with Crippen LogP contribution in [0.4, 0.5) is 5.82 Å². The molecule has 0 aliphatic rings. The van der Waals surface area contributed by atoms with Crippen molar-refractivity contribution < 1.29 is 0 Å².